The topological polar surface area (TPSA) is 69.4 Å². The fourth-order valence-corrected chi connectivity index (χ4v) is 0.970. The highest BCUT2D eigenvalue weighted by Gasteiger charge is 2.38. The molecule has 4 nitrogen and oxygen atoms in total. The van der Waals surface area contributed by atoms with Crippen LogP contribution in [0.2, 0.25) is 0 Å². The van der Waals surface area contributed by atoms with Gasteiger partial charge in [0.1, 0.15) is 0 Å². The van der Waals surface area contributed by atoms with E-state index < -0.39 is 18.0 Å². The Labute approximate surface area is 70.1 Å². The number of ether oxygens (including phenoxy) is 1. The average molecular weight is 167 g/mol. The molecular formula is C8H9NO3. The van der Waals surface area contributed by atoms with Crippen LogP contribution < -0.4 is 5.73 Å². The summed E-state index contributed by atoms with van der Waals surface area (Å²) < 4.78 is 4.57. The third kappa shape index (κ3) is 1.99. The minimum atomic E-state index is -0.949. The monoisotopic (exact) mass is 167 g/mol. The Bertz CT molecular complexity index is 250. The average Bonchev–Trinajstić information content (AvgIpc) is 2.81. The van der Waals surface area contributed by atoms with Gasteiger partial charge in [-0.05, 0) is 18.8 Å². The zero-order chi connectivity index (χ0) is 9.14. The van der Waals surface area contributed by atoms with Crippen LogP contribution in [0.1, 0.15) is 12.8 Å². The molecule has 1 fully saturated rings. The number of terminal acetylenes is 1. The van der Waals surface area contributed by atoms with Gasteiger partial charge in [-0.3, -0.25) is 4.79 Å². The zero-order valence-corrected chi connectivity index (χ0v) is 6.45. The fraction of sp³-hybridized carbons (Fsp3) is 0.500. The first kappa shape index (κ1) is 8.60. The molecule has 1 aliphatic rings. The Balaban J connectivity index is 2.55. The van der Waals surface area contributed by atoms with Gasteiger partial charge in [-0.15, -0.1) is 6.42 Å². The summed E-state index contributed by atoms with van der Waals surface area (Å²) in [5.74, 6) is 1.50. The first-order valence-corrected chi connectivity index (χ1v) is 3.61. The number of primary amides is 1. The third-order valence-electron chi connectivity index (χ3n) is 1.69. The molecule has 64 valence electrons. The van der Waals surface area contributed by atoms with Crippen molar-refractivity contribution >= 4 is 11.9 Å². The van der Waals surface area contributed by atoms with Crippen molar-refractivity contribution < 1.29 is 14.3 Å². The lowest BCUT2D eigenvalue weighted by atomic mass is 10.1. The van der Waals surface area contributed by atoms with Gasteiger partial charge >= 0.3 is 6.09 Å². The van der Waals surface area contributed by atoms with E-state index in [4.69, 9.17) is 12.2 Å². The number of hydrogen-bond donors (Lipinski definition) is 1. The lowest BCUT2D eigenvalue weighted by Crippen LogP contribution is -2.30. The molecule has 0 radical (unpaired) electrons. The second-order valence-corrected chi connectivity index (χ2v) is 2.70. The molecule has 2 N–H and O–H groups in total. The maximum atomic E-state index is 11.0. The molecule has 0 bridgehead atoms. The summed E-state index contributed by atoms with van der Waals surface area (Å²) in [7, 11) is 0. The molecule has 1 aliphatic carbocycles. The van der Waals surface area contributed by atoms with E-state index in [1.54, 1.807) is 0 Å². The summed E-state index contributed by atoms with van der Waals surface area (Å²) in [6, 6.07) is 0. The minimum Gasteiger partial charge on any atom is -0.437 e. The van der Waals surface area contributed by atoms with Gasteiger partial charge in [-0.1, -0.05) is 0 Å². The number of Topliss-reactive ketones (excluding diaryl/α,β-unsaturated/α-hetero) is 1. The fourth-order valence-electron chi connectivity index (χ4n) is 0.970. The van der Waals surface area contributed by atoms with Crippen molar-refractivity contribution in [2.24, 2.45) is 11.7 Å². The highest BCUT2D eigenvalue weighted by atomic mass is 16.6. The molecule has 0 heterocycles. The van der Waals surface area contributed by atoms with E-state index in [1.807, 2.05) is 5.92 Å². The minimum absolute atomic E-state index is 0.0843. The summed E-state index contributed by atoms with van der Waals surface area (Å²) in [4.78, 5) is 21.3. The quantitative estimate of drug-likeness (QED) is 0.477. The van der Waals surface area contributed by atoms with E-state index in [2.05, 4.69) is 4.74 Å². The molecule has 1 atom stereocenters. The van der Waals surface area contributed by atoms with Gasteiger partial charge in [0.05, 0.1) is 0 Å². The van der Waals surface area contributed by atoms with Crippen LogP contribution in [0.15, 0.2) is 0 Å². The van der Waals surface area contributed by atoms with Crippen LogP contribution in [-0.4, -0.2) is 18.0 Å². The van der Waals surface area contributed by atoms with E-state index in [0.717, 1.165) is 12.8 Å². The second kappa shape index (κ2) is 3.26. The summed E-state index contributed by atoms with van der Waals surface area (Å²) in [6.07, 6.45) is 4.85. The van der Waals surface area contributed by atoms with Crippen LogP contribution in [-0.2, 0) is 9.53 Å². The lowest BCUT2D eigenvalue weighted by molar-refractivity contribution is -0.122. The van der Waals surface area contributed by atoms with Crippen molar-refractivity contribution in [2.75, 3.05) is 0 Å². The molecule has 1 saturated carbocycles. The summed E-state index contributed by atoms with van der Waals surface area (Å²) in [6.45, 7) is 0. The summed E-state index contributed by atoms with van der Waals surface area (Å²) in [5, 5.41) is 0. The van der Waals surface area contributed by atoms with E-state index in [0.29, 0.717) is 0 Å². The molecular weight excluding hydrogens is 158 g/mol. The predicted molar refractivity (Wildman–Crippen MR) is 41.0 cm³/mol. The number of nitrogens with two attached hydrogens (primary N) is 1. The van der Waals surface area contributed by atoms with Crippen LogP contribution in [0.4, 0.5) is 4.79 Å². The van der Waals surface area contributed by atoms with Crippen LogP contribution in [0.3, 0.4) is 0 Å². The molecule has 0 spiro atoms. The van der Waals surface area contributed by atoms with Gasteiger partial charge in [-0.2, -0.15) is 0 Å². The van der Waals surface area contributed by atoms with Crippen molar-refractivity contribution in [3.8, 4) is 12.3 Å². The van der Waals surface area contributed by atoms with E-state index >= 15 is 0 Å². The van der Waals surface area contributed by atoms with Gasteiger partial charge in [0.25, 0.3) is 0 Å². The van der Waals surface area contributed by atoms with Crippen molar-refractivity contribution in [1.82, 2.24) is 0 Å². The summed E-state index contributed by atoms with van der Waals surface area (Å²) in [5.41, 5.74) is 4.77. The van der Waals surface area contributed by atoms with Crippen molar-refractivity contribution in [1.29, 1.82) is 0 Å². The Morgan fingerprint density at radius 3 is 2.50 bits per heavy atom. The SMILES string of the molecule is C#CC(=O)[C@@H](OC(N)=O)C1CC1. The molecule has 1 amide bonds. The molecule has 0 aromatic carbocycles. The highest BCUT2D eigenvalue weighted by molar-refractivity contribution is 5.99. The maximum absolute atomic E-state index is 11.0. The van der Waals surface area contributed by atoms with Gasteiger partial charge in [0.2, 0.25) is 5.78 Å². The summed E-state index contributed by atoms with van der Waals surface area (Å²) >= 11 is 0. The largest absolute Gasteiger partial charge is 0.437 e. The molecule has 0 saturated heterocycles. The maximum Gasteiger partial charge on any atom is 0.405 e. The second-order valence-electron chi connectivity index (χ2n) is 2.70. The number of rotatable bonds is 3. The highest BCUT2D eigenvalue weighted by Crippen LogP contribution is 2.34. The Morgan fingerprint density at radius 2 is 2.17 bits per heavy atom. The number of ketones is 1. The predicted octanol–water partition coefficient (Wildman–Crippen LogP) is 0.0626. The Morgan fingerprint density at radius 1 is 1.58 bits per heavy atom. The first-order valence-electron chi connectivity index (χ1n) is 3.61. The Kier molecular flexibility index (Phi) is 2.34. The van der Waals surface area contributed by atoms with Crippen LogP contribution in [0.5, 0.6) is 0 Å². The van der Waals surface area contributed by atoms with Crippen LogP contribution in [0.25, 0.3) is 0 Å². The molecule has 0 aromatic rings. The van der Waals surface area contributed by atoms with Gasteiger partial charge in [0.15, 0.2) is 6.10 Å². The van der Waals surface area contributed by atoms with E-state index in [9.17, 15) is 9.59 Å². The smallest absolute Gasteiger partial charge is 0.405 e. The van der Waals surface area contributed by atoms with E-state index in [-0.39, 0.29) is 5.92 Å². The Hall–Kier alpha value is -1.50. The third-order valence-corrected chi connectivity index (χ3v) is 1.69. The standard InChI is InChI=1S/C8H9NO3/c1-2-6(10)7(5-3-4-5)12-8(9)11/h1,5,7H,3-4H2,(H2,9,11)/t7-/m0/s1. The van der Waals surface area contributed by atoms with Crippen molar-refractivity contribution in [3.05, 3.63) is 0 Å². The zero-order valence-electron chi connectivity index (χ0n) is 6.45. The molecule has 0 aliphatic heterocycles. The van der Waals surface area contributed by atoms with Crippen molar-refractivity contribution in [3.63, 3.8) is 0 Å². The van der Waals surface area contributed by atoms with Gasteiger partial charge in [0, 0.05) is 5.92 Å². The molecule has 0 unspecified atom stereocenters. The first-order chi connectivity index (χ1) is 5.65. The number of carbonyl (C=O) groups excluding carboxylic acids is 2. The lowest BCUT2D eigenvalue weighted by Gasteiger charge is -2.10. The number of carbonyl (C=O) groups is 2. The number of hydrogen-bond acceptors (Lipinski definition) is 3. The molecule has 1 rings (SSSR count). The molecule has 4 heteroatoms. The van der Waals surface area contributed by atoms with Crippen LogP contribution >= 0.6 is 0 Å². The normalized spacial score (nSPS) is 17.6. The molecule has 0 aromatic heterocycles. The van der Waals surface area contributed by atoms with Gasteiger partial charge < -0.3 is 10.5 Å². The number of amides is 1. The van der Waals surface area contributed by atoms with Crippen molar-refractivity contribution in [2.45, 2.75) is 18.9 Å². The molecule has 12 heavy (non-hydrogen) atoms. The van der Waals surface area contributed by atoms with Crippen LogP contribution in [0, 0.1) is 18.3 Å². The van der Waals surface area contributed by atoms with Gasteiger partial charge in [-0.25, -0.2) is 4.79 Å². The van der Waals surface area contributed by atoms with E-state index in [1.165, 1.54) is 0 Å².